The Morgan fingerprint density at radius 1 is 0.879 bits per heavy atom. The summed E-state index contributed by atoms with van der Waals surface area (Å²) in [5.41, 5.74) is 8.30. The molecule has 33 heavy (non-hydrogen) atoms. The van der Waals surface area contributed by atoms with Crippen molar-refractivity contribution in [1.29, 1.82) is 0 Å². The molecule has 7 heteroatoms. The second kappa shape index (κ2) is 8.09. The van der Waals surface area contributed by atoms with Gasteiger partial charge in [0.2, 0.25) is 11.4 Å². The van der Waals surface area contributed by atoms with Gasteiger partial charge in [-0.05, 0) is 41.8 Å². The molecule has 0 unspecified atom stereocenters. The fourth-order valence-electron chi connectivity index (χ4n) is 4.05. The standard InChI is InChI=1S/C26H25N5O2/c1-17-11-21(25-23(12-17)30(3)16-27-25)19-7-5-18(6-8-19)15-33-26-22(14-31(4)28-26)20-9-10-24(32)29(2)13-20/h5-14,16H,15H2,1-4H3. The number of hydrogen-bond acceptors (Lipinski definition) is 4. The molecule has 0 saturated heterocycles. The van der Waals surface area contributed by atoms with Crippen LogP contribution in [0.15, 0.2) is 72.0 Å². The SMILES string of the molecule is Cc1cc(-c2ccc(COc3nn(C)cc3-c3ccc(=O)n(C)c3)cc2)c2ncn(C)c2c1. The summed E-state index contributed by atoms with van der Waals surface area (Å²) in [4.78, 5) is 16.3. The third-order valence-corrected chi connectivity index (χ3v) is 5.81. The van der Waals surface area contributed by atoms with Gasteiger partial charge < -0.3 is 13.9 Å². The minimum Gasteiger partial charge on any atom is -0.471 e. The molecule has 0 atom stereocenters. The number of imidazole rings is 1. The number of benzene rings is 2. The van der Waals surface area contributed by atoms with Crippen LogP contribution < -0.4 is 10.3 Å². The maximum Gasteiger partial charge on any atom is 0.250 e. The van der Waals surface area contributed by atoms with E-state index < -0.39 is 0 Å². The van der Waals surface area contributed by atoms with Crippen molar-refractivity contribution in [2.75, 3.05) is 0 Å². The first-order valence-corrected chi connectivity index (χ1v) is 10.7. The van der Waals surface area contributed by atoms with Crippen molar-refractivity contribution in [2.45, 2.75) is 13.5 Å². The van der Waals surface area contributed by atoms with Crippen LogP contribution in [0.5, 0.6) is 5.88 Å². The second-order valence-corrected chi connectivity index (χ2v) is 8.41. The number of nitrogens with zero attached hydrogens (tertiary/aromatic N) is 5. The van der Waals surface area contributed by atoms with Gasteiger partial charge in [-0.3, -0.25) is 9.48 Å². The summed E-state index contributed by atoms with van der Waals surface area (Å²) >= 11 is 0. The van der Waals surface area contributed by atoms with Crippen molar-refractivity contribution >= 4 is 11.0 Å². The first kappa shape index (κ1) is 20.8. The molecule has 3 heterocycles. The number of pyridine rings is 1. The quantitative estimate of drug-likeness (QED) is 0.411. The Balaban J connectivity index is 1.39. The Labute approximate surface area is 191 Å². The van der Waals surface area contributed by atoms with Gasteiger partial charge >= 0.3 is 0 Å². The number of hydrogen-bond donors (Lipinski definition) is 0. The zero-order valence-electron chi connectivity index (χ0n) is 19.1. The van der Waals surface area contributed by atoms with Crippen LogP contribution >= 0.6 is 0 Å². The molecule has 5 aromatic rings. The van der Waals surface area contributed by atoms with E-state index in [-0.39, 0.29) is 5.56 Å². The summed E-state index contributed by atoms with van der Waals surface area (Å²) in [5.74, 6) is 0.536. The lowest BCUT2D eigenvalue weighted by atomic mass is 10.0. The van der Waals surface area contributed by atoms with E-state index in [4.69, 9.17) is 4.74 Å². The van der Waals surface area contributed by atoms with E-state index in [1.165, 1.54) is 5.56 Å². The molecule has 0 radical (unpaired) electrons. The fraction of sp³-hybridized carbons (Fsp3) is 0.192. The fourth-order valence-corrected chi connectivity index (χ4v) is 4.05. The molecule has 0 aliphatic carbocycles. The molecule has 0 fully saturated rings. The molecule has 5 rings (SSSR count). The highest BCUT2D eigenvalue weighted by molar-refractivity contribution is 5.92. The van der Waals surface area contributed by atoms with Crippen LogP contribution in [0, 0.1) is 6.92 Å². The van der Waals surface area contributed by atoms with Gasteiger partial charge in [-0.1, -0.05) is 24.3 Å². The van der Waals surface area contributed by atoms with E-state index in [1.54, 1.807) is 34.6 Å². The molecule has 0 aliphatic rings. The van der Waals surface area contributed by atoms with Crippen LogP contribution in [0.25, 0.3) is 33.3 Å². The topological polar surface area (TPSA) is 66.9 Å². The lowest BCUT2D eigenvalue weighted by molar-refractivity contribution is 0.292. The van der Waals surface area contributed by atoms with Crippen molar-refractivity contribution in [3.05, 3.63) is 88.7 Å². The Hall–Kier alpha value is -4.13. The van der Waals surface area contributed by atoms with Gasteiger partial charge in [-0.2, -0.15) is 0 Å². The van der Waals surface area contributed by atoms with Crippen molar-refractivity contribution < 1.29 is 4.74 Å². The predicted octanol–water partition coefficient (Wildman–Crippen LogP) is 4.23. The zero-order valence-corrected chi connectivity index (χ0v) is 19.1. The van der Waals surface area contributed by atoms with E-state index >= 15 is 0 Å². The Bertz CT molecular complexity index is 1520. The first-order chi connectivity index (χ1) is 15.9. The van der Waals surface area contributed by atoms with Gasteiger partial charge in [-0.25, -0.2) is 4.98 Å². The summed E-state index contributed by atoms with van der Waals surface area (Å²) in [7, 11) is 5.60. The van der Waals surface area contributed by atoms with Crippen LogP contribution in [-0.2, 0) is 27.7 Å². The molecule has 7 nitrogen and oxygen atoms in total. The molecule has 2 aromatic carbocycles. The number of aromatic nitrogens is 5. The van der Waals surface area contributed by atoms with Crippen molar-refractivity contribution in [3.63, 3.8) is 0 Å². The van der Waals surface area contributed by atoms with Gasteiger partial charge in [0, 0.05) is 50.7 Å². The largest absolute Gasteiger partial charge is 0.471 e. The lowest BCUT2D eigenvalue weighted by Crippen LogP contribution is -2.13. The van der Waals surface area contributed by atoms with Gasteiger partial charge in [0.15, 0.2) is 0 Å². The van der Waals surface area contributed by atoms with E-state index in [0.29, 0.717) is 12.5 Å². The molecule has 0 N–H and O–H groups in total. The summed E-state index contributed by atoms with van der Waals surface area (Å²) < 4.78 is 11.4. The minimum absolute atomic E-state index is 0.0539. The smallest absolute Gasteiger partial charge is 0.250 e. The van der Waals surface area contributed by atoms with Crippen molar-refractivity contribution in [2.24, 2.45) is 21.1 Å². The van der Waals surface area contributed by atoms with Crippen LogP contribution in [0.3, 0.4) is 0 Å². The zero-order chi connectivity index (χ0) is 23.1. The van der Waals surface area contributed by atoms with Gasteiger partial charge in [0.25, 0.3) is 0 Å². The second-order valence-electron chi connectivity index (χ2n) is 8.41. The normalized spacial score (nSPS) is 11.3. The van der Waals surface area contributed by atoms with Crippen molar-refractivity contribution in [1.82, 2.24) is 23.9 Å². The Morgan fingerprint density at radius 2 is 1.64 bits per heavy atom. The third-order valence-electron chi connectivity index (χ3n) is 5.81. The monoisotopic (exact) mass is 439 g/mol. The summed E-state index contributed by atoms with van der Waals surface area (Å²) in [5, 5.41) is 4.46. The number of aryl methyl sites for hydroxylation is 4. The highest BCUT2D eigenvalue weighted by atomic mass is 16.5. The minimum atomic E-state index is -0.0539. The molecule has 0 aliphatic heterocycles. The predicted molar refractivity (Wildman–Crippen MR) is 129 cm³/mol. The maximum absolute atomic E-state index is 11.7. The summed E-state index contributed by atoms with van der Waals surface area (Å²) in [6.45, 7) is 2.50. The Kier molecular flexibility index (Phi) is 5.09. The van der Waals surface area contributed by atoms with Crippen LogP contribution in [0.2, 0.25) is 0 Å². The first-order valence-electron chi connectivity index (χ1n) is 10.7. The van der Waals surface area contributed by atoms with Crippen LogP contribution in [-0.4, -0.2) is 23.9 Å². The molecule has 0 bridgehead atoms. The number of rotatable bonds is 5. The molecule has 0 spiro atoms. The number of ether oxygens (including phenoxy) is 1. The van der Waals surface area contributed by atoms with Crippen LogP contribution in [0.4, 0.5) is 0 Å². The molecular formula is C26H25N5O2. The highest BCUT2D eigenvalue weighted by Crippen LogP contribution is 2.31. The van der Waals surface area contributed by atoms with Gasteiger partial charge in [-0.15, -0.1) is 5.10 Å². The Morgan fingerprint density at radius 3 is 2.39 bits per heavy atom. The molecule has 0 saturated carbocycles. The van der Waals surface area contributed by atoms with E-state index in [9.17, 15) is 4.79 Å². The average Bonchev–Trinajstić information content (AvgIpc) is 3.36. The maximum atomic E-state index is 11.7. The number of fused-ring (bicyclic) bond motifs is 1. The van der Waals surface area contributed by atoms with Crippen molar-refractivity contribution in [3.8, 4) is 28.1 Å². The van der Waals surface area contributed by atoms with E-state index in [2.05, 4.69) is 53.4 Å². The van der Waals surface area contributed by atoms with Crippen LogP contribution in [0.1, 0.15) is 11.1 Å². The molecule has 166 valence electrons. The van der Waals surface area contributed by atoms with E-state index in [0.717, 1.165) is 38.9 Å². The van der Waals surface area contributed by atoms with Gasteiger partial charge in [0.1, 0.15) is 6.61 Å². The lowest BCUT2D eigenvalue weighted by Gasteiger charge is -2.09. The third kappa shape index (κ3) is 3.93. The summed E-state index contributed by atoms with van der Waals surface area (Å²) in [6.07, 6.45) is 5.54. The average molecular weight is 440 g/mol. The summed E-state index contributed by atoms with van der Waals surface area (Å²) in [6, 6.07) is 16.0. The van der Waals surface area contributed by atoms with Gasteiger partial charge in [0.05, 0.1) is 22.9 Å². The molecule has 3 aromatic heterocycles. The highest BCUT2D eigenvalue weighted by Gasteiger charge is 2.13. The molecule has 0 amide bonds. The molecular weight excluding hydrogens is 414 g/mol. The van der Waals surface area contributed by atoms with E-state index in [1.807, 2.05) is 31.2 Å².